The Kier molecular flexibility index (Phi) is 36.4. The van der Waals surface area contributed by atoms with Crippen LogP contribution in [0, 0.1) is 0 Å². The van der Waals surface area contributed by atoms with Gasteiger partial charge in [-0.1, -0.05) is 175 Å². The normalized spacial score (nSPS) is 14.5. The number of rotatable bonds is 38. The molecule has 0 saturated heterocycles. The second-order valence-electron chi connectivity index (χ2n) is 13.6. The van der Waals surface area contributed by atoms with Gasteiger partial charge in [-0.05, 0) is 38.5 Å². The lowest BCUT2D eigenvalue weighted by Crippen LogP contribution is -2.34. The van der Waals surface area contributed by atoms with Gasteiger partial charge in [0.25, 0.3) is 0 Å². The summed E-state index contributed by atoms with van der Waals surface area (Å²) in [4.78, 5) is 0. The van der Waals surface area contributed by atoms with Crippen LogP contribution < -0.4 is 0 Å². The van der Waals surface area contributed by atoms with Crippen LogP contribution in [0.2, 0.25) is 0 Å². The van der Waals surface area contributed by atoms with Crippen molar-refractivity contribution in [3.05, 3.63) is 0 Å². The minimum atomic E-state index is -0.893. The molecule has 0 aliphatic carbocycles. The summed E-state index contributed by atoms with van der Waals surface area (Å²) in [5.74, 6) is 0. The third-order valence-corrected chi connectivity index (χ3v) is 8.96. The van der Waals surface area contributed by atoms with Gasteiger partial charge in [0.2, 0.25) is 0 Å². The van der Waals surface area contributed by atoms with E-state index in [4.69, 9.17) is 14.2 Å². The second kappa shape index (κ2) is 36.6. The van der Waals surface area contributed by atoms with Gasteiger partial charge in [-0.15, -0.1) is 0 Å². The Morgan fingerprint density at radius 1 is 0.333 bits per heavy atom. The molecule has 3 N–H and O–H groups in total. The van der Waals surface area contributed by atoms with E-state index in [-0.39, 0.29) is 13.2 Å². The zero-order valence-electron chi connectivity index (χ0n) is 30.5. The zero-order valence-corrected chi connectivity index (χ0v) is 30.5. The minimum absolute atomic E-state index is 0.137. The highest BCUT2D eigenvalue weighted by atomic mass is 16.7. The lowest BCUT2D eigenvalue weighted by atomic mass is 10.1. The molecule has 0 aliphatic rings. The van der Waals surface area contributed by atoms with Crippen LogP contribution >= 0.6 is 0 Å². The third-order valence-electron chi connectivity index (χ3n) is 8.96. The monoisotopic (exact) mass is 645 g/mol. The molecule has 6 heteroatoms. The van der Waals surface area contributed by atoms with Crippen molar-refractivity contribution < 1.29 is 29.5 Å². The summed E-state index contributed by atoms with van der Waals surface area (Å²) in [6.45, 7) is 7.02. The van der Waals surface area contributed by atoms with E-state index < -0.39 is 25.0 Å². The average Bonchev–Trinajstić information content (AvgIpc) is 3.03. The highest BCUT2D eigenvalue weighted by Gasteiger charge is 2.19. The van der Waals surface area contributed by atoms with E-state index in [1.807, 2.05) is 0 Å². The van der Waals surface area contributed by atoms with Gasteiger partial charge in [0.05, 0.1) is 13.2 Å². The van der Waals surface area contributed by atoms with Crippen molar-refractivity contribution in [1.29, 1.82) is 0 Å². The van der Waals surface area contributed by atoms with Gasteiger partial charge in [0.1, 0.15) is 6.10 Å². The lowest BCUT2D eigenvalue weighted by molar-refractivity contribution is -0.212. The van der Waals surface area contributed by atoms with Crippen LogP contribution in [0.3, 0.4) is 0 Å². The molecule has 6 nitrogen and oxygen atoms in total. The van der Waals surface area contributed by atoms with Crippen molar-refractivity contribution >= 4 is 0 Å². The Labute approximate surface area is 280 Å². The SMILES string of the molecule is CCCCCCCCCCCC(O)OCC(COC(O)CCCCCCCCCCC)OC(O)CCCCCCCCCCC. The highest BCUT2D eigenvalue weighted by Crippen LogP contribution is 2.16. The third kappa shape index (κ3) is 34.9. The molecule has 0 aromatic rings. The number of aliphatic hydroxyl groups is 3. The molecule has 0 bridgehead atoms. The van der Waals surface area contributed by atoms with Crippen molar-refractivity contribution in [2.75, 3.05) is 13.2 Å². The summed E-state index contributed by atoms with van der Waals surface area (Å²) in [6, 6.07) is 0. The maximum atomic E-state index is 10.6. The van der Waals surface area contributed by atoms with Crippen LogP contribution in [-0.4, -0.2) is 53.5 Å². The van der Waals surface area contributed by atoms with Gasteiger partial charge in [-0.3, -0.25) is 0 Å². The first-order valence-corrected chi connectivity index (χ1v) is 20.0. The molecule has 0 aliphatic heterocycles. The highest BCUT2D eigenvalue weighted by molar-refractivity contribution is 4.61. The molecule has 0 amide bonds. The number of hydrogen-bond donors (Lipinski definition) is 3. The molecule has 3 unspecified atom stereocenters. The molecule has 0 aromatic heterocycles. The van der Waals surface area contributed by atoms with Gasteiger partial charge in [0.15, 0.2) is 18.9 Å². The average molecular weight is 645 g/mol. The summed E-state index contributed by atoms with van der Waals surface area (Å²) in [7, 11) is 0. The Balaban J connectivity index is 4.32. The summed E-state index contributed by atoms with van der Waals surface area (Å²) < 4.78 is 17.4. The van der Waals surface area contributed by atoms with Crippen molar-refractivity contribution in [3.8, 4) is 0 Å². The Morgan fingerprint density at radius 3 is 0.867 bits per heavy atom. The molecule has 0 aromatic carbocycles. The summed E-state index contributed by atoms with van der Waals surface area (Å²) in [6.07, 6.45) is 32.0. The van der Waals surface area contributed by atoms with Crippen LogP contribution in [0.4, 0.5) is 0 Å². The predicted octanol–water partition coefficient (Wildman–Crippen LogP) is 11.1. The summed E-state index contributed by atoms with van der Waals surface area (Å²) in [5.41, 5.74) is 0. The van der Waals surface area contributed by atoms with Gasteiger partial charge in [-0.25, -0.2) is 0 Å². The molecule has 0 spiro atoms. The summed E-state index contributed by atoms with van der Waals surface area (Å²) >= 11 is 0. The van der Waals surface area contributed by atoms with E-state index in [2.05, 4.69) is 20.8 Å². The molecule has 0 radical (unpaired) electrons. The number of aliphatic hydroxyl groups excluding tert-OH is 3. The second-order valence-corrected chi connectivity index (χ2v) is 13.6. The van der Waals surface area contributed by atoms with Crippen LogP contribution in [-0.2, 0) is 14.2 Å². The molecule has 0 heterocycles. The standard InChI is InChI=1S/C39H80O6/c1-4-7-10-13-16-19-22-25-28-31-37(40)43-34-36(45-39(42)33-30-27-24-21-18-15-12-9-6-3)35-44-38(41)32-29-26-23-20-17-14-11-8-5-2/h36-42H,4-35H2,1-3H3. The van der Waals surface area contributed by atoms with E-state index in [1.54, 1.807) is 0 Å². The summed E-state index contributed by atoms with van der Waals surface area (Å²) in [5, 5.41) is 31.4. The van der Waals surface area contributed by atoms with Gasteiger partial charge >= 0.3 is 0 Å². The molecule has 3 atom stereocenters. The van der Waals surface area contributed by atoms with Gasteiger partial charge in [-0.2, -0.15) is 0 Å². The zero-order chi connectivity index (χ0) is 33.1. The van der Waals surface area contributed by atoms with Crippen LogP contribution in [0.5, 0.6) is 0 Å². The van der Waals surface area contributed by atoms with Crippen LogP contribution in [0.1, 0.15) is 213 Å². The van der Waals surface area contributed by atoms with Crippen molar-refractivity contribution in [2.45, 2.75) is 238 Å². The largest absolute Gasteiger partial charge is 0.368 e. The molecule has 45 heavy (non-hydrogen) atoms. The number of ether oxygens (including phenoxy) is 3. The predicted molar refractivity (Wildman–Crippen MR) is 190 cm³/mol. The lowest BCUT2D eigenvalue weighted by Gasteiger charge is -2.24. The molecule has 272 valence electrons. The Bertz CT molecular complexity index is 516. The molecular formula is C39H80O6. The molecule has 0 saturated carbocycles. The van der Waals surface area contributed by atoms with E-state index in [9.17, 15) is 15.3 Å². The van der Waals surface area contributed by atoms with Crippen molar-refractivity contribution in [2.24, 2.45) is 0 Å². The van der Waals surface area contributed by atoms with Gasteiger partial charge in [0, 0.05) is 0 Å². The molecule has 0 fully saturated rings. The fourth-order valence-electron chi connectivity index (χ4n) is 5.91. The van der Waals surface area contributed by atoms with E-state index in [1.165, 1.54) is 135 Å². The van der Waals surface area contributed by atoms with Crippen molar-refractivity contribution in [1.82, 2.24) is 0 Å². The van der Waals surface area contributed by atoms with Gasteiger partial charge < -0.3 is 29.5 Å². The minimum Gasteiger partial charge on any atom is -0.368 e. The maximum absolute atomic E-state index is 10.6. The van der Waals surface area contributed by atoms with Crippen LogP contribution in [0.15, 0.2) is 0 Å². The number of unbranched alkanes of at least 4 members (excludes halogenated alkanes) is 24. The topological polar surface area (TPSA) is 88.4 Å². The first-order chi connectivity index (χ1) is 22.0. The smallest absolute Gasteiger partial charge is 0.155 e. The Morgan fingerprint density at radius 2 is 0.578 bits per heavy atom. The van der Waals surface area contributed by atoms with E-state index >= 15 is 0 Å². The fourth-order valence-corrected chi connectivity index (χ4v) is 5.91. The number of hydrogen-bond acceptors (Lipinski definition) is 6. The maximum Gasteiger partial charge on any atom is 0.155 e. The first-order valence-electron chi connectivity index (χ1n) is 20.0. The Hall–Kier alpha value is -0.240. The van der Waals surface area contributed by atoms with E-state index in [0.717, 1.165) is 38.5 Å². The first kappa shape index (κ1) is 44.8. The van der Waals surface area contributed by atoms with Crippen molar-refractivity contribution in [3.63, 3.8) is 0 Å². The molecule has 0 rings (SSSR count). The quantitative estimate of drug-likeness (QED) is 0.0458. The fraction of sp³-hybridized carbons (Fsp3) is 1.00. The van der Waals surface area contributed by atoms with E-state index in [0.29, 0.717) is 19.3 Å². The molecular weight excluding hydrogens is 564 g/mol. The van der Waals surface area contributed by atoms with Crippen LogP contribution in [0.25, 0.3) is 0 Å².